The molecule has 1 aliphatic rings. The van der Waals surface area contributed by atoms with Crippen LogP contribution >= 0.6 is 11.6 Å². The number of fused-ring (bicyclic) bond motifs is 3. The fraction of sp³-hybridized carbons (Fsp3) is 0.231. The van der Waals surface area contributed by atoms with Crippen LogP contribution < -0.4 is 22.1 Å². The third-order valence-electron chi connectivity index (χ3n) is 3.30. The average molecular weight is 311 g/mol. The van der Waals surface area contributed by atoms with Gasteiger partial charge in [-0.25, -0.2) is 9.18 Å². The van der Waals surface area contributed by atoms with Gasteiger partial charge in [-0.1, -0.05) is 12.1 Å². The Morgan fingerprint density at radius 3 is 2.71 bits per heavy atom. The molecule has 0 spiro atoms. The van der Waals surface area contributed by atoms with Crippen LogP contribution in [-0.2, 0) is 6.54 Å². The van der Waals surface area contributed by atoms with Gasteiger partial charge in [-0.3, -0.25) is 20.2 Å². The minimum absolute atomic E-state index is 0.183. The average Bonchev–Trinajstić information content (AvgIpc) is 2.47. The van der Waals surface area contributed by atoms with Gasteiger partial charge in [0.2, 0.25) is 0 Å². The van der Waals surface area contributed by atoms with Gasteiger partial charge in [0, 0.05) is 18.0 Å². The summed E-state index contributed by atoms with van der Waals surface area (Å²) < 4.78 is 14.8. The minimum Gasteiger partial charge on any atom is -0.305 e. The van der Waals surface area contributed by atoms with Crippen molar-refractivity contribution in [2.45, 2.75) is 13.0 Å². The van der Waals surface area contributed by atoms with Gasteiger partial charge >= 0.3 is 5.69 Å². The predicted molar refractivity (Wildman–Crippen MR) is 79.3 cm³/mol. The first-order valence-electron chi connectivity index (χ1n) is 6.37. The molecule has 3 rings (SSSR count). The SMILES string of the molecule is O=c1[nH]c2c(c(=O)n1CCCCl)NNc1c(F)cccc1-2. The predicted octanol–water partition coefficient (Wildman–Crippen LogP) is 1.72. The maximum atomic E-state index is 13.7. The molecule has 3 N–H and O–H groups in total. The molecule has 110 valence electrons. The lowest BCUT2D eigenvalue weighted by Gasteiger charge is -2.22. The van der Waals surface area contributed by atoms with E-state index in [0.29, 0.717) is 17.9 Å². The van der Waals surface area contributed by atoms with Crippen LogP contribution in [0.3, 0.4) is 0 Å². The second-order valence-corrected chi connectivity index (χ2v) is 4.97. The van der Waals surface area contributed by atoms with Gasteiger partial charge in [-0.05, 0) is 12.5 Å². The zero-order valence-corrected chi connectivity index (χ0v) is 11.6. The van der Waals surface area contributed by atoms with E-state index in [1.807, 2.05) is 0 Å². The van der Waals surface area contributed by atoms with Crippen molar-refractivity contribution in [2.75, 3.05) is 16.7 Å². The first kappa shape index (κ1) is 13.7. The normalized spacial score (nSPS) is 12.1. The molecule has 0 fully saturated rings. The number of hydrazine groups is 1. The maximum Gasteiger partial charge on any atom is 0.328 e. The Labute approximate surface area is 123 Å². The van der Waals surface area contributed by atoms with Crippen molar-refractivity contribution in [3.8, 4) is 11.3 Å². The lowest BCUT2D eigenvalue weighted by atomic mass is 10.1. The number of alkyl halides is 1. The summed E-state index contributed by atoms with van der Waals surface area (Å²) >= 11 is 5.59. The molecule has 0 saturated heterocycles. The zero-order valence-electron chi connectivity index (χ0n) is 10.9. The quantitative estimate of drug-likeness (QED) is 0.754. The van der Waals surface area contributed by atoms with Crippen molar-refractivity contribution >= 4 is 23.0 Å². The van der Waals surface area contributed by atoms with Crippen molar-refractivity contribution < 1.29 is 4.39 Å². The smallest absolute Gasteiger partial charge is 0.305 e. The molecule has 0 bridgehead atoms. The van der Waals surface area contributed by atoms with Crippen LogP contribution in [0.2, 0.25) is 0 Å². The number of halogens is 2. The number of para-hydroxylation sites is 1. The number of anilines is 2. The van der Waals surface area contributed by atoms with E-state index in [9.17, 15) is 14.0 Å². The first-order chi connectivity index (χ1) is 10.1. The summed E-state index contributed by atoms with van der Waals surface area (Å²) in [6.45, 7) is 0.225. The zero-order chi connectivity index (χ0) is 15.0. The number of rotatable bonds is 3. The van der Waals surface area contributed by atoms with Crippen molar-refractivity contribution in [2.24, 2.45) is 0 Å². The number of nitrogens with zero attached hydrogens (tertiary/aromatic N) is 1. The molecule has 0 unspecified atom stereocenters. The summed E-state index contributed by atoms with van der Waals surface area (Å²) in [7, 11) is 0. The van der Waals surface area contributed by atoms with Crippen molar-refractivity contribution in [3.63, 3.8) is 0 Å². The van der Waals surface area contributed by atoms with E-state index in [0.717, 1.165) is 4.57 Å². The number of aromatic amines is 1. The molecule has 0 amide bonds. The number of H-pyrrole nitrogens is 1. The highest BCUT2D eigenvalue weighted by atomic mass is 35.5. The Bertz CT molecular complexity index is 815. The minimum atomic E-state index is -0.539. The van der Waals surface area contributed by atoms with Gasteiger partial charge < -0.3 is 4.98 Å². The molecule has 0 radical (unpaired) electrons. The van der Waals surface area contributed by atoms with E-state index in [2.05, 4.69) is 15.8 Å². The van der Waals surface area contributed by atoms with E-state index >= 15 is 0 Å². The molecule has 2 aromatic rings. The Hall–Kier alpha value is -2.28. The summed E-state index contributed by atoms with van der Waals surface area (Å²) in [5.74, 6) is -0.124. The summed E-state index contributed by atoms with van der Waals surface area (Å²) in [4.78, 5) is 27.0. The Kier molecular flexibility index (Phi) is 3.42. The molecule has 8 heteroatoms. The van der Waals surface area contributed by atoms with E-state index < -0.39 is 17.1 Å². The van der Waals surface area contributed by atoms with Crippen molar-refractivity contribution in [3.05, 3.63) is 44.9 Å². The lowest BCUT2D eigenvalue weighted by Crippen LogP contribution is -2.39. The van der Waals surface area contributed by atoms with E-state index in [4.69, 9.17) is 11.6 Å². The van der Waals surface area contributed by atoms with Crippen LogP contribution in [-0.4, -0.2) is 15.4 Å². The molecule has 2 heterocycles. The number of hydrogen-bond donors (Lipinski definition) is 3. The van der Waals surface area contributed by atoms with Crippen LogP contribution in [0.1, 0.15) is 6.42 Å². The van der Waals surface area contributed by atoms with Gasteiger partial charge in [0.1, 0.15) is 11.5 Å². The van der Waals surface area contributed by atoms with Gasteiger partial charge in [0.25, 0.3) is 5.56 Å². The van der Waals surface area contributed by atoms with Crippen LogP contribution in [0.25, 0.3) is 11.3 Å². The molecule has 1 aliphatic heterocycles. The third-order valence-corrected chi connectivity index (χ3v) is 3.56. The number of hydrogen-bond acceptors (Lipinski definition) is 4. The number of aromatic nitrogens is 2. The molecule has 0 saturated carbocycles. The third kappa shape index (κ3) is 2.19. The van der Waals surface area contributed by atoms with Crippen LogP contribution in [0, 0.1) is 5.82 Å². The van der Waals surface area contributed by atoms with Crippen molar-refractivity contribution in [1.82, 2.24) is 9.55 Å². The standard InChI is InChI=1S/C13H12ClFN4O2/c14-5-2-6-19-12(20)11-10(16-13(19)21)7-3-1-4-8(15)9(7)17-18-11/h1,3-4,17-18H,2,5-6H2,(H,16,21). The van der Waals surface area contributed by atoms with E-state index in [1.165, 1.54) is 12.1 Å². The molecule has 6 nitrogen and oxygen atoms in total. The van der Waals surface area contributed by atoms with Gasteiger partial charge in [0.05, 0.1) is 11.4 Å². The molecule has 21 heavy (non-hydrogen) atoms. The lowest BCUT2D eigenvalue weighted by molar-refractivity contribution is 0.618. The van der Waals surface area contributed by atoms with Crippen LogP contribution in [0.5, 0.6) is 0 Å². The Morgan fingerprint density at radius 2 is 1.95 bits per heavy atom. The number of benzene rings is 1. The monoisotopic (exact) mass is 310 g/mol. The maximum absolute atomic E-state index is 13.7. The van der Waals surface area contributed by atoms with E-state index in [1.54, 1.807) is 6.07 Å². The topological polar surface area (TPSA) is 78.9 Å². The summed E-state index contributed by atoms with van der Waals surface area (Å²) in [5.41, 5.74) is 5.37. The van der Waals surface area contributed by atoms with E-state index in [-0.39, 0.29) is 23.6 Å². The highest BCUT2D eigenvalue weighted by molar-refractivity contribution is 6.17. The first-order valence-corrected chi connectivity index (χ1v) is 6.91. The summed E-state index contributed by atoms with van der Waals surface area (Å²) in [5, 5.41) is 0. The molecule has 1 aromatic heterocycles. The second-order valence-electron chi connectivity index (χ2n) is 4.59. The van der Waals surface area contributed by atoms with Crippen LogP contribution in [0.4, 0.5) is 15.8 Å². The van der Waals surface area contributed by atoms with Gasteiger partial charge in [-0.2, -0.15) is 0 Å². The summed E-state index contributed by atoms with van der Waals surface area (Å²) in [6, 6.07) is 4.43. The van der Waals surface area contributed by atoms with Crippen LogP contribution in [0.15, 0.2) is 27.8 Å². The number of nitrogens with one attached hydrogen (secondary N) is 3. The Morgan fingerprint density at radius 1 is 1.19 bits per heavy atom. The molecular formula is C13H12ClFN4O2. The largest absolute Gasteiger partial charge is 0.328 e. The van der Waals surface area contributed by atoms with Crippen molar-refractivity contribution in [1.29, 1.82) is 0 Å². The van der Waals surface area contributed by atoms with Gasteiger partial charge in [-0.15, -0.1) is 11.6 Å². The fourth-order valence-corrected chi connectivity index (χ4v) is 2.41. The molecule has 0 atom stereocenters. The highest BCUT2D eigenvalue weighted by Crippen LogP contribution is 2.34. The van der Waals surface area contributed by atoms with Gasteiger partial charge in [0.15, 0.2) is 0 Å². The molecule has 1 aromatic carbocycles. The summed E-state index contributed by atoms with van der Waals surface area (Å²) in [6.07, 6.45) is 0.502. The molecular weight excluding hydrogens is 299 g/mol. The fourth-order valence-electron chi connectivity index (χ4n) is 2.29. The highest BCUT2D eigenvalue weighted by Gasteiger charge is 2.23. The Balaban J connectivity index is 2.21. The molecule has 0 aliphatic carbocycles. The second kappa shape index (κ2) is 5.25.